The maximum atomic E-state index is 11.5. The van der Waals surface area contributed by atoms with E-state index < -0.39 is 9.84 Å². The molecule has 1 aliphatic heterocycles. The van der Waals surface area contributed by atoms with Crippen molar-refractivity contribution in [2.24, 2.45) is 0 Å². The fourth-order valence-electron chi connectivity index (χ4n) is 1.94. The van der Waals surface area contributed by atoms with Gasteiger partial charge in [-0.25, -0.2) is 18.4 Å². The Balaban J connectivity index is 2.29. The monoisotopic (exact) mass is 291 g/mol. The minimum absolute atomic E-state index is 0.0967. The molecule has 2 heterocycles. The van der Waals surface area contributed by atoms with Crippen LogP contribution in [0.3, 0.4) is 0 Å². The predicted molar refractivity (Wildman–Crippen MR) is 68.4 cm³/mol. The number of aliphatic hydroxyl groups is 1. The molecule has 0 unspecified atom stereocenters. The second-order valence-corrected chi connectivity index (χ2v) is 6.78. The van der Waals surface area contributed by atoms with Gasteiger partial charge in [0, 0.05) is 13.1 Å². The normalized spacial score (nSPS) is 19.6. The molecule has 1 N–H and O–H groups in total. The number of hydrogen-bond acceptors (Lipinski definition) is 6. The van der Waals surface area contributed by atoms with E-state index >= 15 is 0 Å². The van der Waals surface area contributed by atoms with E-state index in [1.54, 1.807) is 0 Å². The van der Waals surface area contributed by atoms with Gasteiger partial charge in [0.05, 0.1) is 23.7 Å². The SMILES string of the molecule is O=S1(=O)CCCN(c2ncnc(Cl)c2CO)CC1. The Kier molecular flexibility index (Phi) is 4.04. The van der Waals surface area contributed by atoms with Gasteiger partial charge in [-0.15, -0.1) is 0 Å². The van der Waals surface area contributed by atoms with Crippen LogP contribution in [0.15, 0.2) is 6.33 Å². The topological polar surface area (TPSA) is 83.4 Å². The van der Waals surface area contributed by atoms with E-state index in [0.29, 0.717) is 30.9 Å². The first-order valence-corrected chi connectivity index (χ1v) is 7.79. The Morgan fingerprint density at radius 1 is 1.33 bits per heavy atom. The first-order chi connectivity index (χ1) is 8.53. The summed E-state index contributed by atoms with van der Waals surface area (Å²) >= 11 is 5.89. The summed E-state index contributed by atoms with van der Waals surface area (Å²) in [4.78, 5) is 9.74. The summed E-state index contributed by atoms with van der Waals surface area (Å²) in [6.45, 7) is 0.681. The fourth-order valence-corrected chi connectivity index (χ4v) is 3.40. The third-order valence-corrected chi connectivity index (χ3v) is 4.92. The van der Waals surface area contributed by atoms with E-state index in [1.165, 1.54) is 6.33 Å². The zero-order valence-electron chi connectivity index (χ0n) is 9.71. The first-order valence-electron chi connectivity index (χ1n) is 5.59. The lowest BCUT2D eigenvalue weighted by molar-refractivity contribution is 0.281. The molecule has 6 nitrogen and oxygen atoms in total. The fraction of sp³-hybridized carbons (Fsp3) is 0.600. The van der Waals surface area contributed by atoms with Crippen LogP contribution in [0, 0.1) is 0 Å². The number of hydrogen-bond donors (Lipinski definition) is 1. The van der Waals surface area contributed by atoms with Gasteiger partial charge in [-0.3, -0.25) is 0 Å². The summed E-state index contributed by atoms with van der Waals surface area (Å²) in [5, 5.41) is 9.50. The number of aromatic nitrogens is 2. The van der Waals surface area contributed by atoms with Gasteiger partial charge in [-0.2, -0.15) is 0 Å². The van der Waals surface area contributed by atoms with Crippen molar-refractivity contribution in [3.05, 3.63) is 17.0 Å². The van der Waals surface area contributed by atoms with Gasteiger partial charge >= 0.3 is 0 Å². The van der Waals surface area contributed by atoms with Gasteiger partial charge in [0.1, 0.15) is 17.3 Å². The Morgan fingerprint density at radius 2 is 2.11 bits per heavy atom. The summed E-state index contributed by atoms with van der Waals surface area (Å²) < 4.78 is 23.1. The molecule has 18 heavy (non-hydrogen) atoms. The lowest BCUT2D eigenvalue weighted by atomic mass is 10.3. The number of aliphatic hydroxyl groups excluding tert-OH is 1. The van der Waals surface area contributed by atoms with Gasteiger partial charge in [-0.05, 0) is 6.42 Å². The van der Waals surface area contributed by atoms with Gasteiger partial charge in [0.15, 0.2) is 9.84 Å². The highest BCUT2D eigenvalue weighted by Gasteiger charge is 2.22. The third kappa shape index (κ3) is 2.90. The lowest BCUT2D eigenvalue weighted by Gasteiger charge is -2.23. The zero-order valence-corrected chi connectivity index (χ0v) is 11.3. The number of sulfone groups is 1. The minimum atomic E-state index is -2.97. The molecule has 1 aromatic rings. The molecule has 0 aliphatic carbocycles. The minimum Gasteiger partial charge on any atom is -0.391 e. The third-order valence-electron chi connectivity index (χ3n) is 2.88. The summed E-state index contributed by atoms with van der Waals surface area (Å²) in [6.07, 6.45) is 1.87. The second-order valence-electron chi connectivity index (χ2n) is 4.12. The standard InChI is InChI=1S/C10H14ClN3O3S/c11-9-8(6-15)10(13-7-12-9)14-2-1-4-18(16,17)5-3-14/h7,15H,1-6H2. The largest absolute Gasteiger partial charge is 0.391 e. The van der Waals surface area contributed by atoms with E-state index in [0.717, 1.165) is 0 Å². The van der Waals surface area contributed by atoms with Crippen LogP contribution >= 0.6 is 11.6 Å². The average molecular weight is 292 g/mol. The van der Waals surface area contributed by atoms with Crippen molar-refractivity contribution in [2.45, 2.75) is 13.0 Å². The summed E-state index contributed by atoms with van der Waals surface area (Å²) in [5.41, 5.74) is 0.443. The Labute approximate surface area is 111 Å². The average Bonchev–Trinajstić information content (AvgIpc) is 2.50. The van der Waals surface area contributed by atoms with Crippen LogP contribution in [0.1, 0.15) is 12.0 Å². The van der Waals surface area contributed by atoms with Crippen molar-refractivity contribution in [1.82, 2.24) is 9.97 Å². The highest BCUT2D eigenvalue weighted by atomic mass is 35.5. The number of halogens is 1. The van der Waals surface area contributed by atoms with Gasteiger partial charge in [0.2, 0.25) is 0 Å². The Hall–Kier alpha value is -0.920. The molecule has 1 aromatic heterocycles. The molecule has 0 saturated carbocycles. The molecule has 100 valence electrons. The molecule has 0 radical (unpaired) electrons. The molecule has 0 amide bonds. The molecular formula is C10H14ClN3O3S. The maximum Gasteiger partial charge on any atom is 0.152 e. The smallest absolute Gasteiger partial charge is 0.152 e. The van der Waals surface area contributed by atoms with Crippen LogP contribution in [0.25, 0.3) is 0 Å². The highest BCUT2D eigenvalue weighted by molar-refractivity contribution is 7.91. The van der Waals surface area contributed by atoms with Crippen molar-refractivity contribution in [1.29, 1.82) is 0 Å². The van der Waals surface area contributed by atoms with E-state index in [-0.39, 0.29) is 23.3 Å². The number of anilines is 1. The molecule has 0 aromatic carbocycles. The van der Waals surface area contributed by atoms with Crippen molar-refractivity contribution < 1.29 is 13.5 Å². The highest BCUT2D eigenvalue weighted by Crippen LogP contribution is 2.24. The molecule has 0 atom stereocenters. The Morgan fingerprint density at radius 3 is 2.83 bits per heavy atom. The van der Waals surface area contributed by atoms with Gasteiger partial charge < -0.3 is 10.0 Å². The molecule has 1 fully saturated rings. The first kappa shape index (κ1) is 13.5. The van der Waals surface area contributed by atoms with Crippen LogP contribution in [0.2, 0.25) is 5.15 Å². The zero-order chi connectivity index (χ0) is 13.2. The second kappa shape index (κ2) is 5.38. The van der Waals surface area contributed by atoms with Crippen LogP contribution in [0.4, 0.5) is 5.82 Å². The maximum absolute atomic E-state index is 11.5. The summed E-state index contributed by atoms with van der Waals surface area (Å²) in [6, 6.07) is 0. The van der Waals surface area contributed by atoms with Crippen molar-refractivity contribution in [3.8, 4) is 0 Å². The van der Waals surface area contributed by atoms with Gasteiger partial charge in [0.25, 0.3) is 0 Å². The van der Waals surface area contributed by atoms with Crippen molar-refractivity contribution in [3.63, 3.8) is 0 Å². The number of rotatable bonds is 2. The molecule has 0 bridgehead atoms. The molecular weight excluding hydrogens is 278 g/mol. The van der Waals surface area contributed by atoms with Crippen LogP contribution in [-0.2, 0) is 16.4 Å². The van der Waals surface area contributed by atoms with E-state index in [4.69, 9.17) is 11.6 Å². The van der Waals surface area contributed by atoms with Crippen LogP contribution in [-0.4, -0.2) is 48.1 Å². The molecule has 8 heteroatoms. The Bertz CT molecular complexity index is 535. The molecule has 1 aliphatic rings. The van der Waals surface area contributed by atoms with Crippen LogP contribution < -0.4 is 4.90 Å². The predicted octanol–water partition coefficient (Wildman–Crippen LogP) is 0.247. The van der Waals surface area contributed by atoms with Gasteiger partial charge in [-0.1, -0.05) is 11.6 Å². The van der Waals surface area contributed by atoms with Crippen molar-refractivity contribution in [2.75, 3.05) is 29.5 Å². The van der Waals surface area contributed by atoms with Crippen molar-refractivity contribution >= 4 is 27.3 Å². The lowest BCUT2D eigenvalue weighted by Crippen LogP contribution is -2.28. The quantitative estimate of drug-likeness (QED) is 0.786. The van der Waals surface area contributed by atoms with E-state index in [2.05, 4.69) is 9.97 Å². The summed E-state index contributed by atoms with van der Waals surface area (Å²) in [5.74, 6) is 0.811. The van der Waals surface area contributed by atoms with Crippen LogP contribution in [0.5, 0.6) is 0 Å². The molecule has 1 saturated heterocycles. The van der Waals surface area contributed by atoms with E-state index in [1.807, 2.05) is 4.90 Å². The summed E-state index contributed by atoms with van der Waals surface area (Å²) in [7, 11) is -2.97. The molecule has 2 rings (SSSR count). The van der Waals surface area contributed by atoms with E-state index in [9.17, 15) is 13.5 Å². The number of nitrogens with zero attached hydrogens (tertiary/aromatic N) is 3. The molecule has 0 spiro atoms.